The molecule has 0 spiro atoms. The smallest absolute Gasteiger partial charge is 0.239 e. The molecular formula is C19H21N5O3S2. The maximum absolute atomic E-state index is 12.4. The molecule has 0 aliphatic heterocycles. The number of anilines is 1. The number of hydrogen-bond acceptors (Lipinski definition) is 8. The van der Waals surface area contributed by atoms with E-state index in [9.17, 15) is 4.79 Å². The first-order chi connectivity index (χ1) is 14.1. The third kappa shape index (κ3) is 4.77. The van der Waals surface area contributed by atoms with Crippen LogP contribution in [0.4, 0.5) is 5.13 Å². The van der Waals surface area contributed by atoms with Gasteiger partial charge < -0.3 is 14.8 Å². The van der Waals surface area contributed by atoms with Crippen LogP contribution >= 0.6 is 23.1 Å². The highest BCUT2D eigenvalue weighted by Crippen LogP contribution is 2.33. The summed E-state index contributed by atoms with van der Waals surface area (Å²) < 4.78 is 12.6. The Morgan fingerprint density at radius 1 is 1.34 bits per heavy atom. The third-order valence-corrected chi connectivity index (χ3v) is 5.75. The van der Waals surface area contributed by atoms with Crippen LogP contribution in [0.3, 0.4) is 0 Å². The largest absolute Gasteiger partial charge is 0.493 e. The molecule has 1 atom stereocenters. The van der Waals surface area contributed by atoms with Crippen LogP contribution in [0, 0.1) is 0 Å². The number of amides is 1. The number of methoxy groups -OCH3 is 2. The lowest BCUT2D eigenvalue weighted by molar-refractivity contribution is -0.115. The number of ether oxygens (including phenoxy) is 2. The van der Waals surface area contributed by atoms with Crippen LogP contribution in [0.2, 0.25) is 0 Å². The number of thiazole rings is 1. The van der Waals surface area contributed by atoms with E-state index in [-0.39, 0.29) is 11.2 Å². The van der Waals surface area contributed by atoms with E-state index in [1.807, 2.05) is 35.1 Å². The summed E-state index contributed by atoms with van der Waals surface area (Å²) in [5.41, 5.74) is 0.823. The summed E-state index contributed by atoms with van der Waals surface area (Å²) >= 11 is 2.70. The maximum atomic E-state index is 12.4. The van der Waals surface area contributed by atoms with Gasteiger partial charge in [0.1, 0.15) is 0 Å². The summed E-state index contributed by atoms with van der Waals surface area (Å²) in [4.78, 5) is 16.5. The summed E-state index contributed by atoms with van der Waals surface area (Å²) in [6, 6.07) is 5.55. The Morgan fingerprint density at radius 3 is 2.79 bits per heavy atom. The van der Waals surface area contributed by atoms with Gasteiger partial charge in [-0.25, -0.2) is 4.98 Å². The van der Waals surface area contributed by atoms with Crippen LogP contribution in [-0.2, 0) is 11.3 Å². The molecule has 2 heterocycles. The molecule has 1 amide bonds. The second kappa shape index (κ2) is 9.57. The number of carbonyl (C=O) groups is 1. The SMILES string of the molecule is C=CCn1c(S[C@@H](C)C(=O)Nc2nccs2)nnc1-c1ccc(OC)c(OC)c1. The van der Waals surface area contributed by atoms with Crippen molar-refractivity contribution in [1.29, 1.82) is 0 Å². The fraction of sp³-hybridized carbons (Fsp3) is 0.263. The quantitative estimate of drug-likeness (QED) is 0.408. The lowest BCUT2D eigenvalue weighted by Gasteiger charge is -2.13. The van der Waals surface area contributed by atoms with Crippen LogP contribution in [-0.4, -0.2) is 45.1 Å². The number of nitrogens with one attached hydrogen (secondary N) is 1. The van der Waals surface area contributed by atoms with Crippen molar-refractivity contribution in [2.75, 3.05) is 19.5 Å². The number of hydrogen-bond donors (Lipinski definition) is 1. The molecule has 0 aliphatic rings. The lowest BCUT2D eigenvalue weighted by Crippen LogP contribution is -2.22. The number of allylic oxidation sites excluding steroid dienone is 1. The van der Waals surface area contributed by atoms with Crippen molar-refractivity contribution in [1.82, 2.24) is 19.7 Å². The molecule has 0 unspecified atom stereocenters. The molecule has 0 radical (unpaired) electrons. The van der Waals surface area contributed by atoms with Gasteiger partial charge in [-0.15, -0.1) is 28.1 Å². The fourth-order valence-electron chi connectivity index (χ4n) is 2.56. The zero-order chi connectivity index (χ0) is 20.8. The summed E-state index contributed by atoms with van der Waals surface area (Å²) in [6.45, 7) is 6.14. The zero-order valence-corrected chi connectivity index (χ0v) is 17.9. The van der Waals surface area contributed by atoms with Gasteiger partial charge in [0, 0.05) is 23.7 Å². The highest BCUT2D eigenvalue weighted by atomic mass is 32.2. The van der Waals surface area contributed by atoms with E-state index in [0.717, 1.165) is 5.56 Å². The second-order valence-electron chi connectivity index (χ2n) is 5.86. The number of nitrogens with zero attached hydrogens (tertiary/aromatic N) is 4. The molecule has 0 bridgehead atoms. The van der Waals surface area contributed by atoms with Crippen molar-refractivity contribution in [2.45, 2.75) is 23.9 Å². The number of aromatic nitrogens is 4. The van der Waals surface area contributed by atoms with Gasteiger partial charge in [0.2, 0.25) is 5.91 Å². The monoisotopic (exact) mass is 431 g/mol. The van der Waals surface area contributed by atoms with Crippen molar-refractivity contribution in [3.63, 3.8) is 0 Å². The third-order valence-electron chi connectivity index (χ3n) is 3.98. The lowest BCUT2D eigenvalue weighted by atomic mass is 10.2. The van der Waals surface area contributed by atoms with E-state index in [1.54, 1.807) is 26.5 Å². The van der Waals surface area contributed by atoms with E-state index < -0.39 is 0 Å². The molecule has 0 aliphatic carbocycles. The summed E-state index contributed by atoms with van der Waals surface area (Å²) in [7, 11) is 3.17. The highest BCUT2D eigenvalue weighted by molar-refractivity contribution is 8.00. The number of thioether (sulfide) groups is 1. The zero-order valence-electron chi connectivity index (χ0n) is 16.3. The number of benzene rings is 1. The Morgan fingerprint density at radius 2 is 2.14 bits per heavy atom. The first-order valence-corrected chi connectivity index (χ1v) is 10.5. The average Bonchev–Trinajstić information content (AvgIpc) is 3.38. The van der Waals surface area contributed by atoms with E-state index >= 15 is 0 Å². The number of rotatable bonds is 9. The Labute approximate surface area is 177 Å². The molecule has 0 saturated carbocycles. The summed E-state index contributed by atoms with van der Waals surface area (Å²) in [6.07, 6.45) is 3.41. The molecule has 1 aromatic carbocycles. The van der Waals surface area contributed by atoms with Crippen molar-refractivity contribution < 1.29 is 14.3 Å². The first kappa shape index (κ1) is 20.9. The topological polar surface area (TPSA) is 91.2 Å². The van der Waals surface area contributed by atoms with E-state index in [1.165, 1.54) is 23.1 Å². The van der Waals surface area contributed by atoms with Crippen LogP contribution in [0.25, 0.3) is 11.4 Å². The van der Waals surface area contributed by atoms with Crippen molar-refractivity contribution >= 4 is 34.1 Å². The Hall–Kier alpha value is -2.85. The van der Waals surface area contributed by atoms with Gasteiger partial charge in [0.25, 0.3) is 0 Å². The molecule has 8 nitrogen and oxygen atoms in total. The van der Waals surface area contributed by atoms with Gasteiger partial charge >= 0.3 is 0 Å². The van der Waals surface area contributed by atoms with Gasteiger partial charge in [-0.2, -0.15) is 0 Å². The van der Waals surface area contributed by atoms with E-state index in [2.05, 4.69) is 27.1 Å². The second-order valence-corrected chi connectivity index (χ2v) is 8.06. The molecule has 10 heteroatoms. The van der Waals surface area contributed by atoms with Crippen molar-refractivity contribution in [3.05, 3.63) is 42.4 Å². The van der Waals surface area contributed by atoms with E-state index in [0.29, 0.717) is 34.2 Å². The molecule has 0 fully saturated rings. The Bertz CT molecular complexity index is 988. The van der Waals surface area contributed by atoms with Crippen LogP contribution in [0.15, 0.2) is 47.6 Å². The van der Waals surface area contributed by atoms with Crippen LogP contribution < -0.4 is 14.8 Å². The van der Waals surface area contributed by atoms with Gasteiger partial charge in [0.15, 0.2) is 27.6 Å². The minimum atomic E-state index is -0.384. The van der Waals surface area contributed by atoms with Gasteiger partial charge in [-0.05, 0) is 25.1 Å². The predicted octanol–water partition coefficient (Wildman–Crippen LogP) is 3.72. The van der Waals surface area contributed by atoms with Crippen molar-refractivity contribution in [2.24, 2.45) is 0 Å². The molecule has 3 rings (SSSR count). The Balaban J connectivity index is 1.85. The molecule has 29 heavy (non-hydrogen) atoms. The minimum Gasteiger partial charge on any atom is -0.493 e. The van der Waals surface area contributed by atoms with Gasteiger partial charge in [0.05, 0.1) is 19.5 Å². The standard InChI is InChI=1S/C19H21N5O3S2/c1-5-9-24-16(13-6-7-14(26-3)15(11-13)27-4)22-23-19(24)29-12(2)17(25)21-18-20-8-10-28-18/h5-8,10-12H,1,9H2,2-4H3,(H,20,21,25)/t12-/m0/s1. The first-order valence-electron chi connectivity index (χ1n) is 8.70. The van der Waals surface area contributed by atoms with Gasteiger partial charge in [-0.1, -0.05) is 17.8 Å². The molecule has 0 saturated heterocycles. The number of carbonyl (C=O) groups excluding carboxylic acids is 1. The normalized spacial score (nSPS) is 11.7. The fourth-order valence-corrected chi connectivity index (χ4v) is 3.95. The summed E-state index contributed by atoms with van der Waals surface area (Å²) in [5, 5.41) is 14.0. The summed E-state index contributed by atoms with van der Waals surface area (Å²) in [5.74, 6) is 1.74. The van der Waals surface area contributed by atoms with Crippen LogP contribution in [0.5, 0.6) is 11.5 Å². The van der Waals surface area contributed by atoms with Gasteiger partial charge in [-0.3, -0.25) is 9.36 Å². The molecular weight excluding hydrogens is 410 g/mol. The van der Waals surface area contributed by atoms with Crippen molar-refractivity contribution in [3.8, 4) is 22.9 Å². The Kier molecular flexibility index (Phi) is 6.89. The predicted molar refractivity (Wildman–Crippen MR) is 115 cm³/mol. The average molecular weight is 432 g/mol. The molecule has 3 aromatic rings. The minimum absolute atomic E-state index is 0.147. The highest BCUT2D eigenvalue weighted by Gasteiger charge is 2.21. The molecule has 1 N–H and O–H groups in total. The maximum Gasteiger partial charge on any atom is 0.239 e. The molecule has 2 aromatic heterocycles. The van der Waals surface area contributed by atoms with Crippen LogP contribution in [0.1, 0.15) is 6.92 Å². The van der Waals surface area contributed by atoms with E-state index in [4.69, 9.17) is 9.47 Å². The molecule has 152 valence electrons.